The molecule has 0 atom stereocenters. The van der Waals surface area contributed by atoms with Gasteiger partial charge in [0.25, 0.3) is 0 Å². The first-order valence-corrected chi connectivity index (χ1v) is 8.86. The van der Waals surface area contributed by atoms with Crippen LogP contribution < -0.4 is 5.32 Å². The molecular weight excluding hydrogens is 360 g/mol. The molecule has 1 fully saturated rings. The summed E-state index contributed by atoms with van der Waals surface area (Å²) in [7, 11) is 0. The average molecular weight is 378 g/mol. The van der Waals surface area contributed by atoms with E-state index in [1.807, 2.05) is 30.3 Å². The van der Waals surface area contributed by atoms with Crippen LogP contribution in [0.25, 0.3) is 11.5 Å². The fraction of sp³-hybridized carbons (Fsp3) is 0.200. The largest absolute Gasteiger partial charge is 0.463 e. The van der Waals surface area contributed by atoms with E-state index in [1.165, 1.54) is 24.0 Å². The smallest absolute Gasteiger partial charge is 0.311 e. The van der Waals surface area contributed by atoms with Crippen LogP contribution in [0.4, 0.5) is 11.5 Å². The van der Waals surface area contributed by atoms with Crippen LogP contribution in [-0.4, -0.2) is 33.8 Å². The maximum absolute atomic E-state index is 12.5. The van der Waals surface area contributed by atoms with Gasteiger partial charge >= 0.3 is 5.69 Å². The molecular formula is C20H18N4O4. The van der Waals surface area contributed by atoms with Crippen LogP contribution in [0, 0.1) is 16.0 Å². The molecule has 1 N–H and O–H groups in total. The van der Waals surface area contributed by atoms with Gasteiger partial charge in [0.05, 0.1) is 17.1 Å². The Morgan fingerprint density at radius 3 is 2.64 bits per heavy atom. The number of furan rings is 1. The molecule has 1 aliphatic rings. The van der Waals surface area contributed by atoms with Crippen LogP contribution >= 0.6 is 0 Å². The second-order valence-electron chi connectivity index (χ2n) is 6.66. The molecule has 1 aromatic carbocycles. The topological polar surface area (TPSA) is 102 Å². The first-order valence-electron chi connectivity index (χ1n) is 8.86. The third-order valence-corrected chi connectivity index (χ3v) is 4.66. The molecule has 1 saturated heterocycles. The number of carbonyl (C=O) groups excluding carboxylic acids is 1. The van der Waals surface area contributed by atoms with Crippen molar-refractivity contribution in [3.63, 3.8) is 0 Å². The zero-order valence-corrected chi connectivity index (χ0v) is 14.9. The van der Waals surface area contributed by atoms with Crippen LogP contribution in [0.3, 0.4) is 0 Å². The zero-order valence-electron chi connectivity index (χ0n) is 14.9. The number of amides is 1. The van der Waals surface area contributed by atoms with E-state index < -0.39 is 4.92 Å². The van der Waals surface area contributed by atoms with Crippen molar-refractivity contribution in [2.45, 2.75) is 6.54 Å². The van der Waals surface area contributed by atoms with E-state index in [9.17, 15) is 14.9 Å². The summed E-state index contributed by atoms with van der Waals surface area (Å²) < 4.78 is 5.28. The molecule has 0 aliphatic carbocycles. The number of aromatic nitrogens is 1. The Balaban J connectivity index is 1.43. The molecule has 3 heterocycles. The molecule has 3 aromatic rings. The summed E-state index contributed by atoms with van der Waals surface area (Å²) in [5, 5.41) is 13.9. The van der Waals surface area contributed by atoms with Crippen molar-refractivity contribution in [1.82, 2.24) is 9.88 Å². The highest BCUT2D eigenvalue weighted by Crippen LogP contribution is 2.28. The minimum Gasteiger partial charge on any atom is -0.463 e. The van der Waals surface area contributed by atoms with E-state index in [2.05, 4.69) is 15.2 Å². The van der Waals surface area contributed by atoms with Gasteiger partial charge in [0.15, 0.2) is 5.76 Å². The van der Waals surface area contributed by atoms with Gasteiger partial charge in [0.2, 0.25) is 11.7 Å². The fourth-order valence-corrected chi connectivity index (χ4v) is 3.18. The van der Waals surface area contributed by atoms with Gasteiger partial charge in [0, 0.05) is 25.7 Å². The van der Waals surface area contributed by atoms with Crippen molar-refractivity contribution in [1.29, 1.82) is 0 Å². The Morgan fingerprint density at radius 2 is 1.96 bits per heavy atom. The number of rotatable bonds is 6. The zero-order chi connectivity index (χ0) is 19.5. The van der Waals surface area contributed by atoms with E-state index >= 15 is 0 Å². The fourth-order valence-electron chi connectivity index (χ4n) is 3.18. The SMILES string of the molecule is O=C(Nc1nc(-c2ccco2)ccc1[N+](=O)[O-])C1CN(Cc2ccccc2)C1. The van der Waals surface area contributed by atoms with E-state index in [-0.39, 0.29) is 23.3 Å². The second-order valence-corrected chi connectivity index (χ2v) is 6.66. The Hall–Kier alpha value is -3.52. The monoisotopic (exact) mass is 378 g/mol. The van der Waals surface area contributed by atoms with E-state index in [4.69, 9.17) is 4.42 Å². The molecule has 0 bridgehead atoms. The first-order chi connectivity index (χ1) is 13.6. The molecule has 8 heteroatoms. The number of nitrogens with zero attached hydrogens (tertiary/aromatic N) is 3. The van der Waals surface area contributed by atoms with E-state index in [0.717, 1.165) is 6.54 Å². The Bertz CT molecular complexity index is 983. The van der Waals surface area contributed by atoms with Gasteiger partial charge in [-0.1, -0.05) is 30.3 Å². The summed E-state index contributed by atoms with van der Waals surface area (Å²) in [4.78, 5) is 29.7. The van der Waals surface area contributed by atoms with Gasteiger partial charge in [-0.15, -0.1) is 0 Å². The lowest BCUT2D eigenvalue weighted by atomic mass is 9.98. The predicted octanol–water partition coefficient (Wildman–Crippen LogP) is 3.32. The van der Waals surface area contributed by atoms with Gasteiger partial charge < -0.3 is 9.73 Å². The van der Waals surface area contributed by atoms with Crippen LogP contribution in [0.2, 0.25) is 0 Å². The highest BCUT2D eigenvalue weighted by atomic mass is 16.6. The number of nitro groups is 1. The molecule has 4 rings (SSSR count). The highest BCUT2D eigenvalue weighted by molar-refractivity contribution is 5.94. The number of hydrogen-bond acceptors (Lipinski definition) is 6. The van der Waals surface area contributed by atoms with Crippen LogP contribution in [0.15, 0.2) is 65.3 Å². The third-order valence-electron chi connectivity index (χ3n) is 4.66. The van der Waals surface area contributed by atoms with Crippen molar-refractivity contribution in [2.24, 2.45) is 5.92 Å². The standard InChI is InChI=1S/C20H18N4O4/c25-20(15-12-23(13-15)11-14-5-2-1-3-6-14)22-19-17(24(26)27)9-8-16(21-19)18-7-4-10-28-18/h1-10,15H,11-13H2,(H,21,22,25). The lowest BCUT2D eigenvalue weighted by Crippen LogP contribution is -2.51. The number of anilines is 1. The molecule has 0 spiro atoms. The van der Waals surface area contributed by atoms with Gasteiger partial charge in [-0.3, -0.25) is 19.8 Å². The number of nitrogens with one attached hydrogen (secondary N) is 1. The minimum atomic E-state index is -0.559. The normalized spacial score (nSPS) is 14.4. The summed E-state index contributed by atoms with van der Waals surface area (Å²) in [5.74, 6) is -0.0811. The maximum Gasteiger partial charge on any atom is 0.311 e. The van der Waals surface area contributed by atoms with Crippen molar-refractivity contribution in [3.8, 4) is 11.5 Å². The van der Waals surface area contributed by atoms with Crippen molar-refractivity contribution >= 4 is 17.4 Å². The molecule has 1 amide bonds. The molecule has 2 aromatic heterocycles. The quantitative estimate of drug-likeness (QED) is 0.521. The summed E-state index contributed by atoms with van der Waals surface area (Å²) in [6, 6.07) is 16.2. The molecule has 0 saturated carbocycles. The second kappa shape index (κ2) is 7.61. The van der Waals surface area contributed by atoms with Crippen molar-refractivity contribution < 1.29 is 14.1 Å². The summed E-state index contributed by atoms with van der Waals surface area (Å²) >= 11 is 0. The maximum atomic E-state index is 12.5. The van der Waals surface area contributed by atoms with E-state index in [0.29, 0.717) is 24.5 Å². The average Bonchev–Trinajstić information content (AvgIpc) is 3.19. The van der Waals surface area contributed by atoms with Gasteiger partial charge in [-0.05, 0) is 23.8 Å². The molecule has 28 heavy (non-hydrogen) atoms. The van der Waals surface area contributed by atoms with E-state index in [1.54, 1.807) is 12.1 Å². The molecule has 0 unspecified atom stereocenters. The summed E-state index contributed by atoms with van der Waals surface area (Å²) in [6.45, 7) is 1.98. The Morgan fingerprint density at radius 1 is 1.18 bits per heavy atom. The number of pyridine rings is 1. The lowest BCUT2D eigenvalue weighted by molar-refractivity contribution is -0.384. The highest BCUT2D eigenvalue weighted by Gasteiger charge is 2.33. The van der Waals surface area contributed by atoms with Crippen LogP contribution in [0.5, 0.6) is 0 Å². The van der Waals surface area contributed by atoms with Crippen LogP contribution in [0.1, 0.15) is 5.56 Å². The van der Waals surface area contributed by atoms with Crippen molar-refractivity contribution in [3.05, 3.63) is 76.5 Å². The van der Waals surface area contributed by atoms with Gasteiger partial charge in [-0.25, -0.2) is 4.98 Å². The molecule has 142 valence electrons. The molecule has 1 aliphatic heterocycles. The van der Waals surface area contributed by atoms with Crippen LogP contribution in [-0.2, 0) is 11.3 Å². The molecule has 0 radical (unpaired) electrons. The minimum absolute atomic E-state index is 0.0644. The predicted molar refractivity (Wildman–Crippen MR) is 102 cm³/mol. The number of benzene rings is 1. The van der Waals surface area contributed by atoms with Gasteiger partial charge in [0.1, 0.15) is 5.69 Å². The number of carbonyl (C=O) groups is 1. The Kier molecular flexibility index (Phi) is 4.86. The summed E-state index contributed by atoms with van der Waals surface area (Å²) in [6.07, 6.45) is 1.49. The Labute approximate surface area is 161 Å². The third kappa shape index (κ3) is 3.77. The van der Waals surface area contributed by atoms with Gasteiger partial charge in [-0.2, -0.15) is 0 Å². The molecule has 8 nitrogen and oxygen atoms in total. The summed E-state index contributed by atoms with van der Waals surface area (Å²) in [5.41, 5.74) is 1.36. The number of likely N-dealkylation sites (tertiary alicyclic amines) is 1. The number of hydrogen-bond donors (Lipinski definition) is 1. The first kappa shape index (κ1) is 17.9. The lowest BCUT2D eigenvalue weighted by Gasteiger charge is -2.38. The van der Waals surface area contributed by atoms with Crippen molar-refractivity contribution in [2.75, 3.05) is 18.4 Å².